The molecule has 0 bridgehead atoms. The minimum absolute atomic E-state index is 0.125. The summed E-state index contributed by atoms with van der Waals surface area (Å²) >= 11 is 5.40. The summed E-state index contributed by atoms with van der Waals surface area (Å²) in [6, 6.07) is 0. The van der Waals surface area contributed by atoms with E-state index in [2.05, 4.69) is 10.1 Å². The Kier molecular flexibility index (Phi) is 3.32. The van der Waals surface area contributed by atoms with Crippen LogP contribution in [0.1, 0.15) is 19.2 Å². The second-order valence-corrected chi connectivity index (χ2v) is 2.35. The molecule has 0 aliphatic carbocycles. The Bertz CT molecular complexity index is 214. The number of hydrogen-bond acceptors (Lipinski definition) is 4. The van der Waals surface area contributed by atoms with E-state index in [1.807, 2.05) is 6.92 Å². The maximum absolute atomic E-state index is 5.40. The van der Waals surface area contributed by atoms with E-state index in [9.17, 15) is 0 Å². The molecular formula is C6H9ClN2O2. The van der Waals surface area contributed by atoms with E-state index < -0.39 is 0 Å². The van der Waals surface area contributed by atoms with Crippen LogP contribution < -0.4 is 0 Å². The molecular weight excluding hydrogens is 168 g/mol. The molecule has 1 aromatic heterocycles. The van der Waals surface area contributed by atoms with Gasteiger partial charge in [-0.3, -0.25) is 0 Å². The van der Waals surface area contributed by atoms with E-state index in [0.717, 1.165) is 6.42 Å². The van der Waals surface area contributed by atoms with E-state index in [-0.39, 0.29) is 5.28 Å². The first-order chi connectivity index (χ1) is 5.33. The molecule has 0 unspecified atom stereocenters. The van der Waals surface area contributed by atoms with Crippen molar-refractivity contribution in [1.29, 1.82) is 0 Å². The van der Waals surface area contributed by atoms with Crippen LogP contribution in [0.5, 0.6) is 0 Å². The zero-order valence-electron chi connectivity index (χ0n) is 6.21. The maximum atomic E-state index is 5.40. The lowest BCUT2D eigenvalue weighted by molar-refractivity contribution is 0.0982. The normalized spacial score (nSPS) is 10.4. The fourth-order valence-corrected chi connectivity index (χ4v) is 0.725. The van der Waals surface area contributed by atoms with Crippen LogP contribution in [-0.4, -0.2) is 16.7 Å². The molecule has 1 heterocycles. The Morgan fingerprint density at radius 2 is 2.45 bits per heavy atom. The van der Waals surface area contributed by atoms with Gasteiger partial charge in [0.1, 0.15) is 6.61 Å². The Morgan fingerprint density at radius 3 is 3.00 bits per heavy atom. The topological polar surface area (TPSA) is 48.2 Å². The van der Waals surface area contributed by atoms with E-state index >= 15 is 0 Å². The SMILES string of the molecule is CCCOCc1nc(Cl)no1. The first kappa shape index (κ1) is 8.49. The molecule has 0 saturated carbocycles. The van der Waals surface area contributed by atoms with Crippen LogP contribution in [0.2, 0.25) is 5.28 Å². The first-order valence-corrected chi connectivity index (χ1v) is 3.76. The van der Waals surface area contributed by atoms with Crippen molar-refractivity contribution in [3.05, 3.63) is 11.2 Å². The zero-order chi connectivity index (χ0) is 8.10. The van der Waals surface area contributed by atoms with Crippen molar-refractivity contribution in [1.82, 2.24) is 10.1 Å². The molecule has 0 radical (unpaired) electrons. The molecule has 0 N–H and O–H groups in total. The fourth-order valence-electron chi connectivity index (χ4n) is 0.597. The van der Waals surface area contributed by atoms with Crippen molar-refractivity contribution >= 4 is 11.6 Å². The van der Waals surface area contributed by atoms with Gasteiger partial charge < -0.3 is 9.26 Å². The molecule has 0 aromatic carbocycles. The van der Waals surface area contributed by atoms with Gasteiger partial charge in [0.05, 0.1) is 0 Å². The summed E-state index contributed by atoms with van der Waals surface area (Å²) in [5, 5.41) is 3.52. The predicted molar refractivity (Wildman–Crippen MR) is 39.3 cm³/mol. The Labute approximate surface area is 69.5 Å². The summed E-state index contributed by atoms with van der Waals surface area (Å²) in [7, 11) is 0. The van der Waals surface area contributed by atoms with E-state index in [1.54, 1.807) is 0 Å². The Balaban J connectivity index is 2.27. The van der Waals surface area contributed by atoms with Crippen LogP contribution in [-0.2, 0) is 11.3 Å². The van der Waals surface area contributed by atoms with Gasteiger partial charge in [0, 0.05) is 6.61 Å². The highest BCUT2D eigenvalue weighted by atomic mass is 35.5. The predicted octanol–water partition coefficient (Wildman–Crippen LogP) is 1.65. The molecule has 1 aromatic rings. The van der Waals surface area contributed by atoms with Crippen LogP contribution in [0, 0.1) is 0 Å². The number of rotatable bonds is 4. The van der Waals surface area contributed by atoms with Gasteiger partial charge in [-0.2, -0.15) is 4.98 Å². The van der Waals surface area contributed by atoms with Crippen molar-refractivity contribution in [2.75, 3.05) is 6.61 Å². The molecule has 5 heteroatoms. The smallest absolute Gasteiger partial charge is 0.263 e. The van der Waals surface area contributed by atoms with Crippen LogP contribution in [0.15, 0.2) is 4.52 Å². The zero-order valence-corrected chi connectivity index (χ0v) is 6.97. The van der Waals surface area contributed by atoms with Gasteiger partial charge in [0.2, 0.25) is 0 Å². The minimum atomic E-state index is 0.125. The fraction of sp³-hybridized carbons (Fsp3) is 0.667. The lowest BCUT2D eigenvalue weighted by atomic mass is 10.5. The van der Waals surface area contributed by atoms with Gasteiger partial charge >= 0.3 is 0 Å². The largest absolute Gasteiger partial charge is 0.372 e. The molecule has 0 atom stereocenters. The summed E-state index contributed by atoms with van der Waals surface area (Å²) in [5.74, 6) is 0.420. The van der Waals surface area contributed by atoms with Crippen LogP contribution in [0.3, 0.4) is 0 Å². The lowest BCUT2D eigenvalue weighted by Gasteiger charge is -1.94. The quantitative estimate of drug-likeness (QED) is 0.655. The highest BCUT2D eigenvalue weighted by Crippen LogP contribution is 2.03. The average Bonchev–Trinajstić information content (AvgIpc) is 2.37. The van der Waals surface area contributed by atoms with Gasteiger partial charge in [-0.1, -0.05) is 6.92 Å². The van der Waals surface area contributed by atoms with Crippen LogP contribution in [0.25, 0.3) is 0 Å². The first-order valence-electron chi connectivity index (χ1n) is 3.38. The Morgan fingerprint density at radius 1 is 1.64 bits per heavy atom. The highest BCUT2D eigenvalue weighted by molar-refractivity contribution is 6.28. The molecule has 0 aliphatic rings. The number of hydrogen-bond donors (Lipinski definition) is 0. The summed E-state index contributed by atoms with van der Waals surface area (Å²) in [5.41, 5.74) is 0. The van der Waals surface area contributed by atoms with Gasteiger partial charge in [0.25, 0.3) is 11.2 Å². The minimum Gasteiger partial charge on any atom is -0.372 e. The molecule has 0 aliphatic heterocycles. The van der Waals surface area contributed by atoms with Crippen molar-refractivity contribution in [3.8, 4) is 0 Å². The standard InChI is InChI=1S/C6H9ClN2O2/c1-2-3-10-4-5-8-6(7)9-11-5/h2-4H2,1H3. The lowest BCUT2D eigenvalue weighted by Crippen LogP contribution is -1.93. The number of nitrogens with zero attached hydrogens (tertiary/aromatic N) is 2. The molecule has 4 nitrogen and oxygen atoms in total. The number of ether oxygens (including phenoxy) is 1. The van der Waals surface area contributed by atoms with E-state index in [1.165, 1.54) is 0 Å². The van der Waals surface area contributed by atoms with Crippen LogP contribution in [0.4, 0.5) is 0 Å². The summed E-state index contributed by atoms with van der Waals surface area (Å²) in [6.45, 7) is 3.06. The van der Waals surface area contributed by atoms with Crippen molar-refractivity contribution in [2.45, 2.75) is 20.0 Å². The molecule has 11 heavy (non-hydrogen) atoms. The summed E-state index contributed by atoms with van der Waals surface area (Å²) in [4.78, 5) is 3.75. The molecule has 0 spiro atoms. The third kappa shape index (κ3) is 2.86. The number of aromatic nitrogens is 2. The van der Waals surface area contributed by atoms with Gasteiger partial charge in [-0.15, -0.1) is 0 Å². The Hall–Kier alpha value is -0.610. The monoisotopic (exact) mass is 176 g/mol. The number of halogens is 1. The van der Waals surface area contributed by atoms with E-state index in [0.29, 0.717) is 19.1 Å². The molecule has 0 amide bonds. The van der Waals surface area contributed by atoms with Gasteiger partial charge in [0.15, 0.2) is 0 Å². The second kappa shape index (κ2) is 4.31. The second-order valence-electron chi connectivity index (χ2n) is 2.01. The average molecular weight is 177 g/mol. The van der Waals surface area contributed by atoms with E-state index in [4.69, 9.17) is 20.9 Å². The molecule has 0 saturated heterocycles. The van der Waals surface area contributed by atoms with Crippen molar-refractivity contribution in [2.24, 2.45) is 0 Å². The molecule has 0 fully saturated rings. The molecule has 1 rings (SSSR count). The maximum Gasteiger partial charge on any atom is 0.263 e. The summed E-state index contributed by atoms with van der Waals surface area (Å²) < 4.78 is 9.82. The van der Waals surface area contributed by atoms with Crippen LogP contribution >= 0.6 is 11.6 Å². The summed E-state index contributed by atoms with van der Waals surface area (Å²) in [6.07, 6.45) is 0.974. The van der Waals surface area contributed by atoms with Gasteiger partial charge in [-0.05, 0) is 23.2 Å². The van der Waals surface area contributed by atoms with Gasteiger partial charge in [-0.25, -0.2) is 0 Å². The van der Waals surface area contributed by atoms with Crippen molar-refractivity contribution in [3.63, 3.8) is 0 Å². The third-order valence-corrected chi connectivity index (χ3v) is 1.17. The van der Waals surface area contributed by atoms with Crippen molar-refractivity contribution < 1.29 is 9.26 Å². The molecule has 62 valence electrons. The highest BCUT2D eigenvalue weighted by Gasteiger charge is 2.01. The third-order valence-electron chi connectivity index (χ3n) is 1.02.